The van der Waals surface area contributed by atoms with Crippen LogP contribution in [0.3, 0.4) is 0 Å². The van der Waals surface area contributed by atoms with E-state index in [9.17, 15) is 8.42 Å². The highest BCUT2D eigenvalue weighted by Gasteiger charge is 2.36. The Labute approximate surface area is 167 Å². The number of thioether (sulfide) groups is 1. The number of hydrogen-bond acceptors (Lipinski definition) is 7. The molecule has 0 fully saturated rings. The van der Waals surface area contributed by atoms with Crippen molar-refractivity contribution in [1.29, 1.82) is 0 Å². The molecule has 1 atom stereocenters. The first-order chi connectivity index (χ1) is 13.4. The van der Waals surface area contributed by atoms with E-state index in [1.165, 1.54) is 10.2 Å². The Balaban J connectivity index is 1.89. The molecule has 2 aromatic heterocycles. The fourth-order valence-electron chi connectivity index (χ4n) is 3.39. The first kappa shape index (κ1) is 19.0. The molecule has 0 amide bonds. The van der Waals surface area contributed by atoms with E-state index in [0.717, 1.165) is 10.7 Å². The molecule has 7 nitrogen and oxygen atoms in total. The highest BCUT2D eigenvalue weighted by atomic mass is 32.2. The van der Waals surface area contributed by atoms with Crippen LogP contribution in [0.2, 0.25) is 0 Å². The van der Waals surface area contributed by atoms with Crippen molar-refractivity contribution in [3.8, 4) is 0 Å². The lowest BCUT2D eigenvalue weighted by Gasteiger charge is -2.35. The van der Waals surface area contributed by atoms with Crippen LogP contribution in [0.15, 0.2) is 58.7 Å². The monoisotopic (exact) mass is 416 g/mol. The number of methoxy groups -OCH3 is 1. The lowest BCUT2D eigenvalue weighted by atomic mass is 10.0. The van der Waals surface area contributed by atoms with Gasteiger partial charge in [-0.05, 0) is 31.4 Å². The number of fused-ring (bicyclic) bond motifs is 3. The van der Waals surface area contributed by atoms with Gasteiger partial charge in [-0.25, -0.2) is 22.4 Å². The van der Waals surface area contributed by atoms with Crippen LogP contribution in [0.4, 0.5) is 11.4 Å². The van der Waals surface area contributed by atoms with Crippen LogP contribution in [-0.4, -0.2) is 47.9 Å². The molecule has 1 N–H and O–H groups in total. The van der Waals surface area contributed by atoms with Crippen LogP contribution in [0.25, 0.3) is 11.0 Å². The summed E-state index contributed by atoms with van der Waals surface area (Å²) in [6.45, 7) is 2.44. The van der Waals surface area contributed by atoms with Crippen molar-refractivity contribution in [3.63, 3.8) is 0 Å². The Kier molecular flexibility index (Phi) is 4.68. The number of benzene rings is 1. The van der Waals surface area contributed by atoms with Gasteiger partial charge < -0.3 is 10.1 Å². The Bertz CT molecular complexity index is 1170. The summed E-state index contributed by atoms with van der Waals surface area (Å²) in [5, 5.41) is 5.08. The summed E-state index contributed by atoms with van der Waals surface area (Å²) in [6.07, 6.45) is 5.10. The van der Waals surface area contributed by atoms with E-state index in [4.69, 9.17) is 9.73 Å². The van der Waals surface area contributed by atoms with Gasteiger partial charge in [0.1, 0.15) is 16.3 Å². The predicted molar refractivity (Wildman–Crippen MR) is 113 cm³/mol. The zero-order chi connectivity index (χ0) is 19.9. The molecule has 146 valence electrons. The van der Waals surface area contributed by atoms with Gasteiger partial charge in [-0.1, -0.05) is 18.2 Å². The summed E-state index contributed by atoms with van der Waals surface area (Å²) in [6, 6.07) is 10.1. The van der Waals surface area contributed by atoms with Gasteiger partial charge >= 0.3 is 0 Å². The van der Waals surface area contributed by atoms with Crippen LogP contribution < -0.4 is 5.32 Å². The minimum Gasteiger partial charge on any atom is -0.382 e. The molecule has 3 heterocycles. The number of rotatable bonds is 4. The van der Waals surface area contributed by atoms with Crippen molar-refractivity contribution in [2.75, 3.05) is 25.3 Å². The minimum absolute atomic E-state index is 0.215. The van der Waals surface area contributed by atoms with Crippen LogP contribution in [0.5, 0.6) is 0 Å². The van der Waals surface area contributed by atoms with E-state index in [1.807, 2.05) is 13.2 Å². The Morgan fingerprint density at radius 3 is 2.68 bits per heavy atom. The lowest BCUT2D eigenvalue weighted by Crippen LogP contribution is -2.47. The third kappa shape index (κ3) is 2.90. The molecular weight excluding hydrogens is 396 g/mol. The summed E-state index contributed by atoms with van der Waals surface area (Å²) >= 11 is 1.55. The number of anilines is 1. The van der Waals surface area contributed by atoms with Crippen molar-refractivity contribution in [2.45, 2.75) is 17.4 Å². The van der Waals surface area contributed by atoms with Gasteiger partial charge in [0.05, 0.1) is 23.4 Å². The first-order valence-electron chi connectivity index (χ1n) is 8.62. The molecule has 28 heavy (non-hydrogen) atoms. The summed E-state index contributed by atoms with van der Waals surface area (Å²) in [4.78, 5) is 9.35. The molecule has 0 spiro atoms. The number of nitrogens with zero attached hydrogens (tertiary/aromatic N) is 3. The second-order valence-electron chi connectivity index (χ2n) is 6.70. The van der Waals surface area contributed by atoms with Gasteiger partial charge in [-0.15, -0.1) is 11.8 Å². The van der Waals surface area contributed by atoms with Crippen molar-refractivity contribution < 1.29 is 13.2 Å². The zero-order valence-corrected chi connectivity index (χ0v) is 17.3. The maximum Gasteiger partial charge on any atom is 0.269 e. The van der Waals surface area contributed by atoms with E-state index in [-0.39, 0.29) is 4.90 Å². The van der Waals surface area contributed by atoms with E-state index in [1.54, 1.807) is 61.5 Å². The molecule has 1 aromatic carbocycles. The number of hydrogen-bond donors (Lipinski definition) is 1. The van der Waals surface area contributed by atoms with E-state index in [2.05, 4.69) is 10.3 Å². The normalized spacial score (nSPS) is 19.2. The van der Waals surface area contributed by atoms with Gasteiger partial charge in [0.15, 0.2) is 5.65 Å². The maximum absolute atomic E-state index is 13.1. The average molecular weight is 417 g/mol. The predicted octanol–water partition coefficient (Wildman–Crippen LogP) is 3.50. The smallest absolute Gasteiger partial charge is 0.269 e. The largest absolute Gasteiger partial charge is 0.382 e. The molecule has 0 bridgehead atoms. The molecule has 1 aliphatic rings. The SMILES string of the molecule is COCC1(C)Nc2c(cnc3c2ccn3S(=O)(=O)c2ccccc2)N=C1SC. The van der Waals surface area contributed by atoms with Crippen molar-refractivity contribution >= 4 is 49.2 Å². The van der Waals surface area contributed by atoms with E-state index < -0.39 is 15.6 Å². The summed E-state index contributed by atoms with van der Waals surface area (Å²) in [5.74, 6) is 0. The second-order valence-corrected chi connectivity index (χ2v) is 9.31. The van der Waals surface area contributed by atoms with Gasteiger partial charge in [0.25, 0.3) is 10.0 Å². The number of aromatic nitrogens is 2. The molecule has 0 saturated heterocycles. The van der Waals surface area contributed by atoms with Crippen molar-refractivity contribution in [3.05, 3.63) is 48.8 Å². The number of aliphatic imine (C=N–C) groups is 1. The van der Waals surface area contributed by atoms with Crippen molar-refractivity contribution in [1.82, 2.24) is 8.96 Å². The molecule has 0 aliphatic carbocycles. The van der Waals surface area contributed by atoms with Gasteiger partial charge in [0, 0.05) is 18.7 Å². The Hall–Kier alpha value is -2.36. The van der Waals surface area contributed by atoms with Crippen molar-refractivity contribution in [2.24, 2.45) is 4.99 Å². The molecule has 3 aromatic rings. The quantitative estimate of drug-likeness (QED) is 0.701. The van der Waals surface area contributed by atoms with E-state index >= 15 is 0 Å². The Morgan fingerprint density at radius 1 is 1.25 bits per heavy atom. The lowest BCUT2D eigenvalue weighted by molar-refractivity contribution is 0.175. The molecule has 0 saturated carbocycles. The second kappa shape index (κ2) is 6.91. The average Bonchev–Trinajstić information content (AvgIpc) is 3.13. The first-order valence-corrected chi connectivity index (χ1v) is 11.3. The highest BCUT2D eigenvalue weighted by molar-refractivity contribution is 8.13. The van der Waals surface area contributed by atoms with Gasteiger partial charge in [0.2, 0.25) is 0 Å². The fraction of sp³-hybridized carbons (Fsp3) is 0.263. The number of ether oxygens (including phenoxy) is 1. The third-order valence-corrected chi connectivity index (χ3v) is 7.29. The van der Waals surface area contributed by atoms with Crippen LogP contribution in [0.1, 0.15) is 6.92 Å². The number of nitrogens with one attached hydrogen (secondary N) is 1. The van der Waals surface area contributed by atoms with Gasteiger partial charge in [-0.3, -0.25) is 0 Å². The zero-order valence-electron chi connectivity index (χ0n) is 15.7. The third-order valence-electron chi connectivity index (χ3n) is 4.68. The highest BCUT2D eigenvalue weighted by Crippen LogP contribution is 2.41. The summed E-state index contributed by atoms with van der Waals surface area (Å²) < 4.78 is 32.7. The van der Waals surface area contributed by atoms with Gasteiger partial charge in [-0.2, -0.15) is 0 Å². The topological polar surface area (TPSA) is 85.6 Å². The Morgan fingerprint density at radius 2 is 2.00 bits per heavy atom. The number of pyridine rings is 1. The van der Waals surface area contributed by atoms with E-state index in [0.29, 0.717) is 23.3 Å². The molecule has 1 unspecified atom stereocenters. The standard InChI is InChI=1S/C19H20N4O3S2/c1-19(12-26-2)18(27-3)21-15-11-20-17-14(16(15)22-19)9-10-23(17)28(24,25)13-7-5-4-6-8-13/h4-11,22H,12H2,1-3H3. The van der Waals surface area contributed by atoms with Crippen LogP contribution in [0, 0.1) is 0 Å². The van der Waals surface area contributed by atoms with Crippen LogP contribution >= 0.6 is 11.8 Å². The molecule has 4 rings (SSSR count). The van der Waals surface area contributed by atoms with Crippen LogP contribution in [-0.2, 0) is 14.8 Å². The molecule has 1 aliphatic heterocycles. The minimum atomic E-state index is -3.74. The molecule has 0 radical (unpaired) electrons. The maximum atomic E-state index is 13.1. The summed E-state index contributed by atoms with van der Waals surface area (Å²) in [5.41, 5.74) is 1.29. The fourth-order valence-corrected chi connectivity index (χ4v) is 5.46. The molecule has 9 heteroatoms. The molecular formula is C19H20N4O3S2. The summed E-state index contributed by atoms with van der Waals surface area (Å²) in [7, 11) is -2.10.